The summed E-state index contributed by atoms with van der Waals surface area (Å²) in [5, 5.41) is 3.07. The van der Waals surface area contributed by atoms with Gasteiger partial charge in [0.05, 0.1) is 12.5 Å². The van der Waals surface area contributed by atoms with E-state index in [1.807, 2.05) is 6.92 Å². The number of amides is 1. The first-order valence-corrected chi connectivity index (χ1v) is 7.49. The zero-order chi connectivity index (χ0) is 14.3. The van der Waals surface area contributed by atoms with Gasteiger partial charge in [0.1, 0.15) is 0 Å². The van der Waals surface area contributed by atoms with Crippen molar-refractivity contribution >= 4 is 11.9 Å². The van der Waals surface area contributed by atoms with Gasteiger partial charge in [-0.3, -0.25) is 9.59 Å². The molecular weight excluding hydrogens is 242 g/mol. The predicted octanol–water partition coefficient (Wildman–Crippen LogP) is 2.66. The number of rotatable bonds is 6. The third-order valence-electron chi connectivity index (χ3n) is 3.66. The summed E-state index contributed by atoms with van der Waals surface area (Å²) >= 11 is 0. The maximum atomic E-state index is 11.7. The SMILES string of the molecule is CCOC(=O)C1CCC(NC(=O)CCC(C)C)CC1. The lowest BCUT2D eigenvalue weighted by atomic mass is 9.86. The van der Waals surface area contributed by atoms with Gasteiger partial charge in [-0.2, -0.15) is 0 Å². The van der Waals surface area contributed by atoms with Gasteiger partial charge in [-0.15, -0.1) is 0 Å². The Hall–Kier alpha value is -1.06. The van der Waals surface area contributed by atoms with E-state index in [4.69, 9.17) is 4.74 Å². The second-order valence-electron chi connectivity index (χ2n) is 5.80. The van der Waals surface area contributed by atoms with E-state index in [-0.39, 0.29) is 23.8 Å². The molecule has 0 aromatic heterocycles. The Labute approximate surface area is 116 Å². The van der Waals surface area contributed by atoms with Crippen LogP contribution in [0.3, 0.4) is 0 Å². The second-order valence-corrected chi connectivity index (χ2v) is 5.80. The summed E-state index contributed by atoms with van der Waals surface area (Å²) < 4.78 is 5.04. The average Bonchev–Trinajstić information content (AvgIpc) is 2.37. The molecule has 110 valence electrons. The number of nitrogens with one attached hydrogen (secondary N) is 1. The van der Waals surface area contributed by atoms with Crippen LogP contribution in [0.1, 0.15) is 59.3 Å². The molecule has 1 N–H and O–H groups in total. The van der Waals surface area contributed by atoms with Crippen LogP contribution in [-0.4, -0.2) is 24.5 Å². The summed E-state index contributed by atoms with van der Waals surface area (Å²) in [6, 6.07) is 0.241. The fourth-order valence-electron chi connectivity index (χ4n) is 2.45. The summed E-state index contributed by atoms with van der Waals surface area (Å²) in [6.45, 7) is 6.53. The molecular formula is C15H27NO3. The topological polar surface area (TPSA) is 55.4 Å². The zero-order valence-electron chi connectivity index (χ0n) is 12.4. The molecule has 0 spiro atoms. The van der Waals surface area contributed by atoms with Crippen LogP contribution in [0.15, 0.2) is 0 Å². The third-order valence-corrected chi connectivity index (χ3v) is 3.66. The minimum atomic E-state index is -0.0768. The monoisotopic (exact) mass is 269 g/mol. The van der Waals surface area contributed by atoms with Crippen molar-refractivity contribution < 1.29 is 14.3 Å². The van der Waals surface area contributed by atoms with Crippen LogP contribution in [0.25, 0.3) is 0 Å². The van der Waals surface area contributed by atoms with Gasteiger partial charge < -0.3 is 10.1 Å². The maximum Gasteiger partial charge on any atom is 0.308 e. The molecule has 1 rings (SSSR count). The minimum absolute atomic E-state index is 0.0313. The molecule has 1 saturated carbocycles. The van der Waals surface area contributed by atoms with E-state index in [1.165, 1.54) is 0 Å². The van der Waals surface area contributed by atoms with Gasteiger partial charge >= 0.3 is 5.97 Å². The summed E-state index contributed by atoms with van der Waals surface area (Å²) in [6.07, 6.45) is 4.97. The van der Waals surface area contributed by atoms with Gasteiger partial charge in [0.25, 0.3) is 0 Å². The van der Waals surface area contributed by atoms with E-state index >= 15 is 0 Å². The first-order valence-electron chi connectivity index (χ1n) is 7.49. The molecule has 0 heterocycles. The number of carbonyl (C=O) groups is 2. The Morgan fingerprint density at radius 3 is 2.37 bits per heavy atom. The molecule has 0 radical (unpaired) electrons. The summed E-state index contributed by atoms with van der Waals surface area (Å²) in [5.74, 6) is 0.662. The molecule has 19 heavy (non-hydrogen) atoms. The van der Waals surface area contributed by atoms with Crippen molar-refractivity contribution in [2.24, 2.45) is 11.8 Å². The Bertz CT molecular complexity index is 294. The molecule has 1 amide bonds. The van der Waals surface area contributed by atoms with Gasteiger partial charge in [-0.1, -0.05) is 13.8 Å². The molecule has 0 saturated heterocycles. The lowest BCUT2D eigenvalue weighted by Crippen LogP contribution is -2.39. The lowest BCUT2D eigenvalue weighted by Gasteiger charge is -2.27. The molecule has 1 aliphatic rings. The second kappa shape index (κ2) is 8.18. The molecule has 4 nitrogen and oxygen atoms in total. The normalized spacial score (nSPS) is 23.2. The van der Waals surface area contributed by atoms with Gasteiger partial charge in [-0.25, -0.2) is 0 Å². The standard InChI is InChI=1S/C15H27NO3/c1-4-19-15(18)12-6-8-13(9-7-12)16-14(17)10-5-11(2)3/h11-13H,4-10H2,1-3H3,(H,16,17). The van der Waals surface area contributed by atoms with E-state index in [2.05, 4.69) is 19.2 Å². The quantitative estimate of drug-likeness (QED) is 0.754. The molecule has 0 aromatic carbocycles. The Morgan fingerprint density at radius 1 is 1.21 bits per heavy atom. The smallest absolute Gasteiger partial charge is 0.308 e. The van der Waals surface area contributed by atoms with E-state index in [1.54, 1.807) is 0 Å². The highest BCUT2D eigenvalue weighted by atomic mass is 16.5. The Kier molecular flexibility index (Phi) is 6.89. The van der Waals surface area contributed by atoms with Gasteiger partial charge in [-0.05, 0) is 44.9 Å². The van der Waals surface area contributed by atoms with E-state index in [0.29, 0.717) is 18.9 Å². The van der Waals surface area contributed by atoms with E-state index in [9.17, 15) is 9.59 Å². The van der Waals surface area contributed by atoms with Crippen LogP contribution in [0, 0.1) is 11.8 Å². The molecule has 1 aliphatic carbocycles. The number of carbonyl (C=O) groups excluding carboxylic acids is 2. The number of ether oxygens (including phenoxy) is 1. The predicted molar refractivity (Wildman–Crippen MR) is 74.6 cm³/mol. The average molecular weight is 269 g/mol. The van der Waals surface area contributed by atoms with Crippen molar-refractivity contribution in [2.75, 3.05) is 6.61 Å². The summed E-state index contributed by atoms with van der Waals surface area (Å²) in [4.78, 5) is 23.3. The van der Waals surface area contributed by atoms with Crippen LogP contribution in [0.5, 0.6) is 0 Å². The Balaban J connectivity index is 2.22. The minimum Gasteiger partial charge on any atom is -0.466 e. The van der Waals surface area contributed by atoms with Crippen molar-refractivity contribution in [3.63, 3.8) is 0 Å². The maximum absolute atomic E-state index is 11.7. The van der Waals surface area contributed by atoms with Crippen LogP contribution in [-0.2, 0) is 14.3 Å². The largest absolute Gasteiger partial charge is 0.466 e. The lowest BCUT2D eigenvalue weighted by molar-refractivity contribution is -0.149. The van der Waals surface area contributed by atoms with Crippen LogP contribution < -0.4 is 5.32 Å². The van der Waals surface area contributed by atoms with Gasteiger partial charge in [0.2, 0.25) is 5.91 Å². The number of hydrogen-bond donors (Lipinski definition) is 1. The summed E-state index contributed by atoms with van der Waals surface area (Å²) in [7, 11) is 0. The number of esters is 1. The molecule has 0 bridgehead atoms. The van der Waals surface area contributed by atoms with E-state index < -0.39 is 0 Å². The fraction of sp³-hybridized carbons (Fsp3) is 0.867. The van der Waals surface area contributed by atoms with Crippen molar-refractivity contribution in [1.29, 1.82) is 0 Å². The molecule has 0 aromatic rings. The highest BCUT2D eigenvalue weighted by Gasteiger charge is 2.27. The van der Waals surface area contributed by atoms with Crippen molar-refractivity contribution in [3.8, 4) is 0 Å². The van der Waals surface area contributed by atoms with Gasteiger partial charge in [0.15, 0.2) is 0 Å². The van der Waals surface area contributed by atoms with Gasteiger partial charge in [0, 0.05) is 12.5 Å². The first kappa shape index (κ1) is 16.0. The first-order chi connectivity index (χ1) is 9.02. The molecule has 0 atom stereocenters. The summed E-state index contributed by atoms with van der Waals surface area (Å²) in [5.41, 5.74) is 0. The third kappa shape index (κ3) is 6.08. The molecule has 0 unspecified atom stereocenters. The van der Waals surface area contributed by atoms with Crippen molar-refractivity contribution in [2.45, 2.75) is 65.3 Å². The zero-order valence-corrected chi connectivity index (χ0v) is 12.4. The highest BCUT2D eigenvalue weighted by molar-refractivity contribution is 5.76. The number of hydrogen-bond acceptors (Lipinski definition) is 3. The van der Waals surface area contributed by atoms with Crippen LogP contribution >= 0.6 is 0 Å². The van der Waals surface area contributed by atoms with Crippen LogP contribution in [0.4, 0.5) is 0 Å². The molecule has 4 heteroatoms. The highest BCUT2D eigenvalue weighted by Crippen LogP contribution is 2.25. The van der Waals surface area contributed by atoms with Crippen molar-refractivity contribution in [1.82, 2.24) is 5.32 Å². The molecule has 0 aliphatic heterocycles. The fourth-order valence-corrected chi connectivity index (χ4v) is 2.45. The van der Waals surface area contributed by atoms with Crippen molar-refractivity contribution in [3.05, 3.63) is 0 Å². The van der Waals surface area contributed by atoms with Crippen LogP contribution in [0.2, 0.25) is 0 Å². The van der Waals surface area contributed by atoms with E-state index in [0.717, 1.165) is 32.1 Å². The Morgan fingerprint density at radius 2 is 1.84 bits per heavy atom. The molecule has 1 fully saturated rings.